The zero-order valence-corrected chi connectivity index (χ0v) is 13.3. The number of thiocarbonyl (C=S) groups is 1. The van der Waals surface area contributed by atoms with Gasteiger partial charge in [-0.15, -0.1) is 0 Å². The summed E-state index contributed by atoms with van der Waals surface area (Å²) >= 11 is 5.31. The van der Waals surface area contributed by atoms with Gasteiger partial charge in [0.1, 0.15) is 0 Å². The Morgan fingerprint density at radius 3 is 2.40 bits per heavy atom. The monoisotopic (exact) mass is 292 g/mol. The second kappa shape index (κ2) is 5.62. The van der Waals surface area contributed by atoms with Gasteiger partial charge in [-0.05, 0) is 33.0 Å². The van der Waals surface area contributed by atoms with Crippen molar-refractivity contribution in [2.24, 2.45) is 14.1 Å². The minimum absolute atomic E-state index is 0.587. The average Bonchev–Trinajstić information content (AvgIpc) is 2.82. The lowest BCUT2D eigenvalue weighted by atomic mass is 10.2. The van der Waals surface area contributed by atoms with Gasteiger partial charge in [-0.3, -0.25) is 9.36 Å². The molecule has 2 aromatic heterocycles. The number of nitrogens with zero attached hydrogens (tertiary/aromatic N) is 4. The minimum Gasteiger partial charge on any atom is -0.358 e. The second-order valence-corrected chi connectivity index (χ2v) is 5.26. The molecule has 0 bridgehead atoms. The first-order valence-electron chi connectivity index (χ1n) is 6.42. The third-order valence-corrected chi connectivity index (χ3v) is 3.81. The molecule has 0 aliphatic heterocycles. The Morgan fingerprint density at radius 2 is 1.90 bits per heavy atom. The Balaban J connectivity index is 1.97. The van der Waals surface area contributed by atoms with E-state index >= 15 is 0 Å². The molecule has 0 saturated heterocycles. The minimum atomic E-state index is 0.587. The van der Waals surface area contributed by atoms with Gasteiger partial charge in [0.05, 0.1) is 23.3 Å². The molecule has 0 amide bonds. The molecule has 0 unspecified atom stereocenters. The van der Waals surface area contributed by atoms with E-state index in [0.717, 1.165) is 22.8 Å². The lowest BCUT2D eigenvalue weighted by molar-refractivity contribution is 0.729. The van der Waals surface area contributed by atoms with Crippen LogP contribution in [0.15, 0.2) is 6.20 Å². The van der Waals surface area contributed by atoms with Crippen molar-refractivity contribution in [3.05, 3.63) is 28.8 Å². The van der Waals surface area contributed by atoms with Gasteiger partial charge in [0, 0.05) is 31.9 Å². The lowest BCUT2D eigenvalue weighted by Gasteiger charge is -2.10. The van der Waals surface area contributed by atoms with Gasteiger partial charge in [0.2, 0.25) is 0 Å². The largest absolute Gasteiger partial charge is 0.358 e. The van der Waals surface area contributed by atoms with Crippen LogP contribution in [0.2, 0.25) is 0 Å². The molecule has 0 aliphatic carbocycles. The van der Waals surface area contributed by atoms with Crippen molar-refractivity contribution >= 4 is 23.0 Å². The quantitative estimate of drug-likeness (QED) is 0.841. The highest BCUT2D eigenvalue weighted by Gasteiger charge is 2.10. The highest BCUT2D eigenvalue weighted by molar-refractivity contribution is 7.80. The molecule has 2 aromatic rings. The maximum absolute atomic E-state index is 5.31. The number of nitrogens with one attached hydrogen (secondary N) is 2. The molecule has 7 heteroatoms. The lowest BCUT2D eigenvalue weighted by Crippen LogP contribution is -2.28. The van der Waals surface area contributed by atoms with E-state index in [1.165, 1.54) is 5.56 Å². The van der Waals surface area contributed by atoms with Gasteiger partial charge in [0.15, 0.2) is 5.11 Å². The highest BCUT2D eigenvalue weighted by Crippen LogP contribution is 2.13. The molecule has 0 saturated carbocycles. The highest BCUT2D eigenvalue weighted by atomic mass is 32.1. The van der Waals surface area contributed by atoms with Crippen molar-refractivity contribution in [2.75, 3.05) is 5.32 Å². The standard InChI is InChI=1S/C13H20N6S/c1-8-11(9(2)19(5)17-8)6-14-13(20)16-12-7-15-18(4)10(12)3/h7H,6H2,1-5H3,(H2,14,16,20). The van der Waals surface area contributed by atoms with E-state index in [4.69, 9.17) is 12.2 Å². The maximum Gasteiger partial charge on any atom is 0.171 e. The van der Waals surface area contributed by atoms with Crippen LogP contribution in [0.1, 0.15) is 22.6 Å². The smallest absolute Gasteiger partial charge is 0.171 e. The normalized spacial score (nSPS) is 10.7. The fourth-order valence-corrected chi connectivity index (χ4v) is 2.21. The maximum atomic E-state index is 5.31. The third kappa shape index (κ3) is 2.82. The molecule has 6 nitrogen and oxygen atoms in total. The topological polar surface area (TPSA) is 59.7 Å². The molecule has 2 rings (SSSR count). The fourth-order valence-electron chi connectivity index (χ4n) is 2.03. The predicted molar refractivity (Wildman–Crippen MR) is 83.7 cm³/mol. The van der Waals surface area contributed by atoms with E-state index in [2.05, 4.69) is 27.8 Å². The molecule has 0 atom stereocenters. The molecule has 2 heterocycles. The summed E-state index contributed by atoms with van der Waals surface area (Å²) in [5.41, 5.74) is 5.32. The van der Waals surface area contributed by atoms with E-state index in [0.29, 0.717) is 11.7 Å². The van der Waals surface area contributed by atoms with Crippen LogP contribution in [-0.4, -0.2) is 24.7 Å². The Hall–Kier alpha value is -1.89. The van der Waals surface area contributed by atoms with Crippen LogP contribution in [0.5, 0.6) is 0 Å². The number of anilines is 1. The Kier molecular flexibility index (Phi) is 4.08. The first kappa shape index (κ1) is 14.5. The van der Waals surface area contributed by atoms with Gasteiger partial charge in [-0.1, -0.05) is 0 Å². The summed E-state index contributed by atoms with van der Waals surface area (Å²) in [7, 11) is 3.85. The Bertz CT molecular complexity index is 640. The molecule has 0 spiro atoms. The van der Waals surface area contributed by atoms with E-state index in [1.807, 2.05) is 32.6 Å². The number of aromatic nitrogens is 4. The van der Waals surface area contributed by atoms with Gasteiger partial charge < -0.3 is 10.6 Å². The van der Waals surface area contributed by atoms with Crippen molar-refractivity contribution in [1.29, 1.82) is 0 Å². The van der Waals surface area contributed by atoms with E-state index in [-0.39, 0.29) is 0 Å². The second-order valence-electron chi connectivity index (χ2n) is 4.85. The predicted octanol–water partition coefficient (Wildman–Crippen LogP) is 1.57. The zero-order chi connectivity index (χ0) is 14.9. The van der Waals surface area contributed by atoms with Gasteiger partial charge in [0.25, 0.3) is 0 Å². The zero-order valence-electron chi connectivity index (χ0n) is 12.5. The fraction of sp³-hybridized carbons (Fsp3) is 0.462. The number of rotatable bonds is 3. The van der Waals surface area contributed by atoms with Crippen LogP contribution in [0, 0.1) is 20.8 Å². The summed E-state index contributed by atoms with van der Waals surface area (Å²) in [6.45, 7) is 6.72. The van der Waals surface area contributed by atoms with Crippen molar-refractivity contribution in [3.8, 4) is 0 Å². The molecule has 20 heavy (non-hydrogen) atoms. The van der Waals surface area contributed by atoms with E-state index < -0.39 is 0 Å². The van der Waals surface area contributed by atoms with Crippen LogP contribution in [-0.2, 0) is 20.6 Å². The van der Waals surface area contributed by atoms with Crippen molar-refractivity contribution in [3.63, 3.8) is 0 Å². The van der Waals surface area contributed by atoms with Crippen LogP contribution in [0.3, 0.4) is 0 Å². The molecule has 0 aliphatic rings. The number of hydrogen-bond donors (Lipinski definition) is 2. The van der Waals surface area contributed by atoms with Crippen LogP contribution < -0.4 is 10.6 Å². The Labute approximate surface area is 124 Å². The Morgan fingerprint density at radius 1 is 1.20 bits per heavy atom. The molecular formula is C13H20N6S. The van der Waals surface area contributed by atoms with Crippen molar-refractivity contribution < 1.29 is 0 Å². The van der Waals surface area contributed by atoms with Crippen LogP contribution >= 0.6 is 12.2 Å². The van der Waals surface area contributed by atoms with Crippen LogP contribution in [0.4, 0.5) is 5.69 Å². The van der Waals surface area contributed by atoms with Crippen molar-refractivity contribution in [2.45, 2.75) is 27.3 Å². The van der Waals surface area contributed by atoms with Gasteiger partial charge in [-0.2, -0.15) is 10.2 Å². The molecule has 0 aromatic carbocycles. The van der Waals surface area contributed by atoms with E-state index in [1.54, 1.807) is 10.9 Å². The van der Waals surface area contributed by atoms with Gasteiger partial charge in [-0.25, -0.2) is 0 Å². The number of hydrogen-bond acceptors (Lipinski definition) is 3. The van der Waals surface area contributed by atoms with Crippen LogP contribution in [0.25, 0.3) is 0 Å². The van der Waals surface area contributed by atoms with E-state index in [9.17, 15) is 0 Å². The summed E-state index contributed by atoms with van der Waals surface area (Å²) in [4.78, 5) is 0. The molecule has 108 valence electrons. The van der Waals surface area contributed by atoms with Crippen molar-refractivity contribution in [1.82, 2.24) is 24.9 Å². The molecular weight excluding hydrogens is 272 g/mol. The summed E-state index contributed by atoms with van der Waals surface area (Å²) in [5.74, 6) is 0. The first-order valence-corrected chi connectivity index (χ1v) is 6.83. The number of aryl methyl sites for hydroxylation is 3. The third-order valence-electron chi connectivity index (χ3n) is 3.57. The molecule has 0 fully saturated rings. The molecule has 2 N–H and O–H groups in total. The molecule has 0 radical (unpaired) electrons. The summed E-state index contributed by atoms with van der Waals surface area (Å²) in [6.07, 6.45) is 1.77. The SMILES string of the molecule is Cc1nn(C)c(C)c1CNC(=S)Nc1cnn(C)c1C. The summed E-state index contributed by atoms with van der Waals surface area (Å²) in [5, 5.41) is 15.5. The first-order chi connectivity index (χ1) is 9.40. The summed E-state index contributed by atoms with van der Waals surface area (Å²) < 4.78 is 3.69. The average molecular weight is 292 g/mol. The van der Waals surface area contributed by atoms with Gasteiger partial charge >= 0.3 is 0 Å². The summed E-state index contributed by atoms with van der Waals surface area (Å²) in [6, 6.07) is 0.